The Labute approximate surface area is 148 Å². The third-order valence-corrected chi connectivity index (χ3v) is 5.09. The molecule has 1 amide bonds. The summed E-state index contributed by atoms with van der Waals surface area (Å²) in [5.74, 6) is -0.124. The number of nitrogens with zero attached hydrogens (tertiary/aromatic N) is 2. The largest absolute Gasteiger partial charge is 0.367 e. The molecule has 1 aromatic carbocycles. The molecular formula is C17H17IN4O. The summed E-state index contributed by atoms with van der Waals surface area (Å²) in [7, 11) is 0. The molecule has 2 atom stereocenters. The standard InChI is InChI=1S/C17H17IN4O/c18-12-1-3-13(4-2-12)21-17(23)11-5-16(8-19-7-11)22-9-14-6-15(10-22)20-14/h1-5,7-8,14-15,20H,6,9-10H2,(H,21,23). The van der Waals surface area contributed by atoms with Gasteiger partial charge in [-0.25, -0.2) is 0 Å². The number of anilines is 2. The third kappa shape index (κ3) is 3.18. The van der Waals surface area contributed by atoms with Crippen molar-refractivity contribution in [3.63, 3.8) is 0 Å². The van der Waals surface area contributed by atoms with E-state index in [2.05, 4.69) is 43.1 Å². The minimum Gasteiger partial charge on any atom is -0.367 e. The second kappa shape index (κ2) is 6.09. The Hall–Kier alpha value is -1.67. The van der Waals surface area contributed by atoms with Crippen molar-refractivity contribution in [2.75, 3.05) is 23.3 Å². The number of rotatable bonds is 3. The van der Waals surface area contributed by atoms with Crippen LogP contribution in [-0.2, 0) is 0 Å². The van der Waals surface area contributed by atoms with Crippen molar-refractivity contribution in [2.45, 2.75) is 18.5 Å². The maximum absolute atomic E-state index is 12.4. The minimum absolute atomic E-state index is 0.124. The average molecular weight is 420 g/mol. The van der Waals surface area contributed by atoms with Crippen LogP contribution in [0.4, 0.5) is 11.4 Å². The number of nitrogens with one attached hydrogen (secondary N) is 2. The van der Waals surface area contributed by atoms with Gasteiger partial charge in [0.15, 0.2) is 0 Å². The quantitative estimate of drug-likeness (QED) is 0.750. The summed E-state index contributed by atoms with van der Waals surface area (Å²) in [6.07, 6.45) is 4.72. The molecule has 3 saturated heterocycles. The molecule has 0 radical (unpaired) electrons. The third-order valence-electron chi connectivity index (χ3n) is 4.38. The molecular weight excluding hydrogens is 403 g/mol. The molecule has 4 heterocycles. The van der Waals surface area contributed by atoms with E-state index in [1.807, 2.05) is 36.5 Å². The SMILES string of the molecule is O=C(Nc1ccc(I)cc1)c1cncc(N2CC3CC(C2)N3)c1. The molecule has 0 saturated carbocycles. The maximum atomic E-state index is 12.4. The van der Waals surface area contributed by atoms with E-state index in [-0.39, 0.29) is 5.91 Å². The van der Waals surface area contributed by atoms with Crippen LogP contribution in [0.1, 0.15) is 16.8 Å². The van der Waals surface area contributed by atoms with Crippen LogP contribution in [0.3, 0.4) is 0 Å². The van der Waals surface area contributed by atoms with Crippen molar-refractivity contribution < 1.29 is 4.79 Å². The minimum atomic E-state index is -0.124. The first kappa shape index (κ1) is 14.9. The van der Waals surface area contributed by atoms with Gasteiger partial charge in [0.05, 0.1) is 17.4 Å². The van der Waals surface area contributed by atoms with Gasteiger partial charge in [0.1, 0.15) is 0 Å². The number of carbonyl (C=O) groups is 1. The number of hydrogen-bond acceptors (Lipinski definition) is 4. The molecule has 1 aromatic heterocycles. The zero-order valence-corrected chi connectivity index (χ0v) is 14.7. The summed E-state index contributed by atoms with van der Waals surface area (Å²) in [5, 5.41) is 6.43. The first-order chi connectivity index (χ1) is 11.2. The smallest absolute Gasteiger partial charge is 0.257 e. The normalized spacial score (nSPS) is 22.4. The van der Waals surface area contributed by atoms with Crippen LogP contribution in [0.25, 0.3) is 0 Å². The molecule has 3 fully saturated rings. The first-order valence-electron chi connectivity index (χ1n) is 7.70. The van der Waals surface area contributed by atoms with E-state index in [1.165, 1.54) is 6.42 Å². The van der Waals surface area contributed by atoms with Crippen molar-refractivity contribution in [3.8, 4) is 0 Å². The van der Waals surface area contributed by atoms with Gasteiger partial charge in [-0.3, -0.25) is 9.78 Å². The lowest BCUT2D eigenvalue weighted by molar-refractivity contribution is 0.102. The highest BCUT2D eigenvalue weighted by atomic mass is 127. The highest BCUT2D eigenvalue weighted by molar-refractivity contribution is 14.1. The molecule has 2 N–H and O–H groups in total. The van der Waals surface area contributed by atoms with E-state index >= 15 is 0 Å². The lowest BCUT2D eigenvalue weighted by Gasteiger charge is -2.49. The zero-order chi connectivity index (χ0) is 15.8. The Balaban J connectivity index is 1.49. The number of piperidine rings is 1. The number of piperazine rings is 1. The van der Waals surface area contributed by atoms with E-state index in [9.17, 15) is 4.79 Å². The van der Waals surface area contributed by atoms with Gasteiger partial charge in [-0.05, 0) is 59.3 Å². The number of benzene rings is 1. The van der Waals surface area contributed by atoms with E-state index in [4.69, 9.17) is 0 Å². The Kier molecular flexibility index (Phi) is 3.94. The predicted molar refractivity (Wildman–Crippen MR) is 98.9 cm³/mol. The lowest BCUT2D eigenvalue weighted by atomic mass is 9.91. The molecule has 2 unspecified atom stereocenters. The number of pyridine rings is 1. The van der Waals surface area contributed by atoms with Crippen LogP contribution in [0.15, 0.2) is 42.7 Å². The number of aromatic nitrogens is 1. The molecule has 0 spiro atoms. The summed E-state index contributed by atoms with van der Waals surface area (Å²) in [5.41, 5.74) is 2.41. The van der Waals surface area contributed by atoms with Gasteiger partial charge in [-0.2, -0.15) is 0 Å². The maximum Gasteiger partial charge on any atom is 0.257 e. The highest BCUT2D eigenvalue weighted by Gasteiger charge is 2.36. The van der Waals surface area contributed by atoms with Gasteiger partial charge in [-0.15, -0.1) is 0 Å². The second-order valence-electron chi connectivity index (χ2n) is 6.09. The van der Waals surface area contributed by atoms with Crippen LogP contribution in [0, 0.1) is 3.57 Å². The summed E-state index contributed by atoms with van der Waals surface area (Å²) < 4.78 is 1.14. The van der Waals surface area contributed by atoms with Crippen LogP contribution in [0.2, 0.25) is 0 Å². The monoisotopic (exact) mass is 420 g/mol. The van der Waals surface area contributed by atoms with Crippen molar-refractivity contribution >= 4 is 39.9 Å². The van der Waals surface area contributed by atoms with E-state index in [0.717, 1.165) is 28.0 Å². The summed E-state index contributed by atoms with van der Waals surface area (Å²) in [6.45, 7) is 1.97. The number of amides is 1. The predicted octanol–water partition coefficient (Wildman–Crippen LogP) is 2.49. The van der Waals surface area contributed by atoms with Gasteiger partial charge in [-0.1, -0.05) is 0 Å². The zero-order valence-electron chi connectivity index (χ0n) is 12.5. The second-order valence-corrected chi connectivity index (χ2v) is 7.34. The molecule has 23 heavy (non-hydrogen) atoms. The fraction of sp³-hybridized carbons (Fsp3) is 0.294. The van der Waals surface area contributed by atoms with Gasteiger partial charge in [0.2, 0.25) is 0 Å². The van der Waals surface area contributed by atoms with Crippen molar-refractivity contribution in [1.29, 1.82) is 0 Å². The molecule has 3 aliphatic rings. The van der Waals surface area contributed by atoms with E-state index in [0.29, 0.717) is 17.6 Å². The molecule has 5 rings (SSSR count). The van der Waals surface area contributed by atoms with Crippen molar-refractivity contribution in [3.05, 3.63) is 51.9 Å². The molecule has 2 bridgehead atoms. The van der Waals surface area contributed by atoms with Crippen LogP contribution < -0.4 is 15.5 Å². The fourth-order valence-electron chi connectivity index (χ4n) is 3.19. The summed E-state index contributed by atoms with van der Waals surface area (Å²) in [4.78, 5) is 19.0. The van der Waals surface area contributed by atoms with Gasteiger partial charge < -0.3 is 15.5 Å². The average Bonchev–Trinajstić information content (AvgIpc) is 2.56. The fourth-order valence-corrected chi connectivity index (χ4v) is 3.55. The lowest BCUT2D eigenvalue weighted by Crippen LogP contribution is -2.67. The van der Waals surface area contributed by atoms with Crippen molar-refractivity contribution in [1.82, 2.24) is 10.3 Å². The Morgan fingerprint density at radius 1 is 1.22 bits per heavy atom. The Morgan fingerprint density at radius 2 is 1.91 bits per heavy atom. The summed E-state index contributed by atoms with van der Waals surface area (Å²) >= 11 is 2.24. The van der Waals surface area contributed by atoms with Crippen LogP contribution in [0.5, 0.6) is 0 Å². The van der Waals surface area contributed by atoms with Crippen molar-refractivity contribution in [2.24, 2.45) is 0 Å². The molecule has 0 aliphatic carbocycles. The number of halogens is 1. The Morgan fingerprint density at radius 3 is 2.61 bits per heavy atom. The number of hydrogen-bond donors (Lipinski definition) is 2. The van der Waals surface area contributed by atoms with Crippen LogP contribution >= 0.6 is 22.6 Å². The first-order valence-corrected chi connectivity index (χ1v) is 8.78. The number of carbonyl (C=O) groups excluding carboxylic acids is 1. The molecule has 2 aromatic rings. The van der Waals surface area contributed by atoms with Crippen LogP contribution in [-0.4, -0.2) is 36.1 Å². The van der Waals surface area contributed by atoms with E-state index < -0.39 is 0 Å². The molecule has 5 nitrogen and oxygen atoms in total. The molecule has 3 aliphatic heterocycles. The van der Waals surface area contributed by atoms with Gasteiger partial charge in [0, 0.05) is 40.6 Å². The van der Waals surface area contributed by atoms with Gasteiger partial charge >= 0.3 is 0 Å². The topological polar surface area (TPSA) is 57.3 Å². The molecule has 118 valence electrons. The molecule has 6 heteroatoms. The van der Waals surface area contributed by atoms with E-state index in [1.54, 1.807) is 6.20 Å². The summed E-state index contributed by atoms with van der Waals surface area (Å²) in [6, 6.07) is 10.8. The van der Waals surface area contributed by atoms with Gasteiger partial charge in [0.25, 0.3) is 5.91 Å². The Bertz CT molecular complexity index is 718. The number of fused-ring (bicyclic) bond motifs is 2. The highest BCUT2D eigenvalue weighted by Crippen LogP contribution is 2.26.